The van der Waals surface area contributed by atoms with E-state index in [9.17, 15) is 4.79 Å². The van der Waals surface area contributed by atoms with Gasteiger partial charge in [0.05, 0.1) is 0 Å². The minimum absolute atomic E-state index is 0. The highest BCUT2D eigenvalue weighted by Gasteiger charge is 2.31. The number of ether oxygens (including phenoxy) is 1. The van der Waals surface area contributed by atoms with E-state index in [2.05, 4.69) is 37.5 Å². The number of nitrogens with one attached hydrogen (secondary N) is 2. The molecule has 1 aromatic carbocycles. The molecule has 0 bridgehead atoms. The minimum Gasteiger partial charge on any atom is -0.480 e. The third kappa shape index (κ3) is 3.55. The number of halogens is 1. The number of hydrogen-bond donors (Lipinski definition) is 2. The van der Waals surface area contributed by atoms with Crippen LogP contribution in [0.1, 0.15) is 36.5 Å². The first-order valence-electron chi connectivity index (χ1n) is 7.83. The van der Waals surface area contributed by atoms with Crippen LogP contribution in [0.2, 0.25) is 0 Å². The summed E-state index contributed by atoms with van der Waals surface area (Å²) in [5, 5.41) is 6.55. The first kappa shape index (κ1) is 17.1. The van der Waals surface area contributed by atoms with Crippen molar-refractivity contribution in [2.45, 2.75) is 58.2 Å². The number of aryl methyl sites for hydroxylation is 2. The van der Waals surface area contributed by atoms with Gasteiger partial charge in [-0.15, -0.1) is 12.4 Å². The summed E-state index contributed by atoms with van der Waals surface area (Å²) in [5.41, 5.74) is 3.62. The number of amides is 1. The number of carbonyl (C=O) groups is 1. The van der Waals surface area contributed by atoms with E-state index < -0.39 is 0 Å². The maximum Gasteiger partial charge on any atom is 0.261 e. The Balaban J connectivity index is 0.00000176. The fourth-order valence-electron chi connectivity index (χ4n) is 3.22. The van der Waals surface area contributed by atoms with Gasteiger partial charge in [0, 0.05) is 18.5 Å². The molecule has 2 aliphatic rings. The summed E-state index contributed by atoms with van der Waals surface area (Å²) < 4.78 is 5.85. The highest BCUT2D eigenvalue weighted by Crippen LogP contribution is 2.31. The summed E-state index contributed by atoms with van der Waals surface area (Å²) in [6, 6.07) is 4.93. The monoisotopic (exact) mass is 324 g/mol. The minimum atomic E-state index is -0.369. The van der Waals surface area contributed by atoms with E-state index in [1.165, 1.54) is 11.1 Å². The van der Waals surface area contributed by atoms with Crippen molar-refractivity contribution in [2.24, 2.45) is 0 Å². The van der Waals surface area contributed by atoms with E-state index in [0.717, 1.165) is 30.7 Å². The fourth-order valence-corrected chi connectivity index (χ4v) is 3.22. The highest BCUT2D eigenvalue weighted by molar-refractivity contribution is 5.85. The van der Waals surface area contributed by atoms with Crippen LogP contribution in [-0.4, -0.2) is 30.6 Å². The summed E-state index contributed by atoms with van der Waals surface area (Å²) in [7, 11) is 0. The molecular formula is C17H25ClN2O2. The van der Waals surface area contributed by atoms with Crippen molar-refractivity contribution in [3.8, 4) is 5.75 Å². The lowest BCUT2D eigenvalue weighted by molar-refractivity contribution is -0.128. The maximum absolute atomic E-state index is 12.4. The Labute approximate surface area is 138 Å². The molecule has 1 aromatic rings. The molecule has 22 heavy (non-hydrogen) atoms. The molecule has 1 amide bonds. The summed E-state index contributed by atoms with van der Waals surface area (Å²) in [6.07, 6.45) is 2.30. The molecule has 3 unspecified atom stereocenters. The van der Waals surface area contributed by atoms with Gasteiger partial charge in [-0.3, -0.25) is 4.79 Å². The van der Waals surface area contributed by atoms with Gasteiger partial charge in [-0.1, -0.05) is 6.07 Å². The Morgan fingerprint density at radius 2 is 2.05 bits per heavy atom. The van der Waals surface area contributed by atoms with Gasteiger partial charge in [0.1, 0.15) is 5.75 Å². The van der Waals surface area contributed by atoms with Crippen LogP contribution < -0.4 is 15.4 Å². The topological polar surface area (TPSA) is 50.4 Å². The zero-order chi connectivity index (χ0) is 15.0. The van der Waals surface area contributed by atoms with Crippen molar-refractivity contribution in [3.63, 3.8) is 0 Å². The van der Waals surface area contributed by atoms with E-state index in [4.69, 9.17) is 4.74 Å². The predicted molar refractivity (Wildman–Crippen MR) is 89.9 cm³/mol. The van der Waals surface area contributed by atoms with Gasteiger partial charge >= 0.3 is 0 Å². The Kier molecular flexibility index (Phi) is 5.35. The molecule has 4 nitrogen and oxygen atoms in total. The third-order valence-corrected chi connectivity index (χ3v) is 4.61. The van der Waals surface area contributed by atoms with Crippen LogP contribution in [0.25, 0.3) is 0 Å². The molecule has 1 saturated heterocycles. The van der Waals surface area contributed by atoms with E-state index in [1.807, 2.05) is 6.07 Å². The molecule has 2 heterocycles. The number of benzene rings is 1. The predicted octanol–water partition coefficient (Wildman–Crippen LogP) is 2.29. The molecule has 0 spiro atoms. The Hall–Kier alpha value is -1.26. The number of carbonyl (C=O) groups excluding carboxylic acids is 1. The second-order valence-electron chi connectivity index (χ2n) is 6.44. The summed E-state index contributed by atoms with van der Waals surface area (Å²) >= 11 is 0. The number of hydrogen-bond acceptors (Lipinski definition) is 3. The number of fused-ring (bicyclic) bond motifs is 1. The van der Waals surface area contributed by atoms with Crippen molar-refractivity contribution in [2.75, 3.05) is 6.54 Å². The standard InChI is InChI=1S/C17H24N2O2.ClH/c1-10-6-13-9-16(21-15(13)7-11(10)2)17(20)19-14-4-5-18-12(3)8-14;/h6-7,12,14,16,18H,4-5,8-9H2,1-3H3,(H,19,20);1H. The summed E-state index contributed by atoms with van der Waals surface area (Å²) in [5.74, 6) is 0.900. The second kappa shape index (κ2) is 6.88. The molecule has 2 N–H and O–H groups in total. The van der Waals surface area contributed by atoms with Gasteiger partial charge in [-0.05, 0) is 62.9 Å². The average Bonchev–Trinajstić information content (AvgIpc) is 2.82. The van der Waals surface area contributed by atoms with Gasteiger partial charge in [0.25, 0.3) is 5.91 Å². The second-order valence-corrected chi connectivity index (χ2v) is 6.44. The number of piperidine rings is 1. The van der Waals surface area contributed by atoms with Gasteiger partial charge < -0.3 is 15.4 Å². The van der Waals surface area contributed by atoms with Crippen molar-refractivity contribution >= 4 is 18.3 Å². The summed E-state index contributed by atoms with van der Waals surface area (Å²) in [4.78, 5) is 12.4. The van der Waals surface area contributed by atoms with Crippen LogP contribution >= 0.6 is 12.4 Å². The molecule has 1 fully saturated rings. The van der Waals surface area contributed by atoms with Gasteiger partial charge in [-0.2, -0.15) is 0 Å². The molecule has 3 atom stereocenters. The van der Waals surface area contributed by atoms with Crippen molar-refractivity contribution in [1.29, 1.82) is 0 Å². The van der Waals surface area contributed by atoms with Crippen LogP contribution in [0.4, 0.5) is 0 Å². The molecular weight excluding hydrogens is 300 g/mol. The Morgan fingerprint density at radius 3 is 2.77 bits per heavy atom. The van der Waals surface area contributed by atoms with Crippen LogP contribution in [0, 0.1) is 13.8 Å². The van der Waals surface area contributed by atoms with Gasteiger partial charge in [0.15, 0.2) is 6.10 Å². The first-order valence-corrected chi connectivity index (χ1v) is 7.83. The smallest absolute Gasteiger partial charge is 0.261 e. The average molecular weight is 325 g/mol. The summed E-state index contributed by atoms with van der Waals surface area (Å²) in [6.45, 7) is 7.30. The van der Waals surface area contributed by atoms with E-state index >= 15 is 0 Å². The van der Waals surface area contributed by atoms with E-state index in [1.54, 1.807) is 0 Å². The molecule has 0 aromatic heterocycles. The van der Waals surface area contributed by atoms with Crippen molar-refractivity contribution in [1.82, 2.24) is 10.6 Å². The SMILES string of the molecule is Cc1cc2c(cc1C)OC(C(=O)NC1CCNC(C)C1)C2.Cl. The van der Waals surface area contributed by atoms with Crippen molar-refractivity contribution < 1.29 is 9.53 Å². The van der Waals surface area contributed by atoms with Crippen molar-refractivity contribution in [3.05, 3.63) is 28.8 Å². The zero-order valence-corrected chi connectivity index (χ0v) is 14.3. The fraction of sp³-hybridized carbons (Fsp3) is 0.588. The molecule has 5 heteroatoms. The molecule has 0 radical (unpaired) electrons. The van der Waals surface area contributed by atoms with E-state index in [-0.39, 0.29) is 30.5 Å². The molecule has 0 aliphatic carbocycles. The van der Waals surface area contributed by atoms with Gasteiger partial charge in [-0.25, -0.2) is 0 Å². The van der Waals surface area contributed by atoms with Crippen LogP contribution in [0.3, 0.4) is 0 Å². The lowest BCUT2D eigenvalue weighted by Gasteiger charge is -2.29. The van der Waals surface area contributed by atoms with Crippen LogP contribution in [0.5, 0.6) is 5.75 Å². The molecule has 0 saturated carbocycles. The van der Waals surface area contributed by atoms with Crippen LogP contribution in [0.15, 0.2) is 12.1 Å². The molecule has 2 aliphatic heterocycles. The highest BCUT2D eigenvalue weighted by atomic mass is 35.5. The Bertz CT molecular complexity index is 531. The lowest BCUT2D eigenvalue weighted by Crippen LogP contribution is -2.49. The quantitative estimate of drug-likeness (QED) is 0.877. The third-order valence-electron chi connectivity index (χ3n) is 4.61. The zero-order valence-electron chi connectivity index (χ0n) is 13.4. The Morgan fingerprint density at radius 1 is 1.32 bits per heavy atom. The van der Waals surface area contributed by atoms with E-state index in [0.29, 0.717) is 12.5 Å². The molecule has 122 valence electrons. The lowest BCUT2D eigenvalue weighted by atomic mass is 10.00. The largest absolute Gasteiger partial charge is 0.480 e. The first-order chi connectivity index (χ1) is 10.0. The van der Waals surface area contributed by atoms with Gasteiger partial charge in [0.2, 0.25) is 0 Å². The normalized spacial score (nSPS) is 26.6. The number of rotatable bonds is 2. The maximum atomic E-state index is 12.4. The molecule has 3 rings (SSSR count). The van der Waals surface area contributed by atoms with Crippen LogP contribution in [-0.2, 0) is 11.2 Å².